The van der Waals surface area contributed by atoms with Gasteiger partial charge in [-0.2, -0.15) is 0 Å². The van der Waals surface area contributed by atoms with E-state index in [4.69, 9.17) is 17.2 Å². The maximum atomic E-state index is 6.22. The number of hydrogen-bond donors (Lipinski definition) is 3. The van der Waals surface area contributed by atoms with Gasteiger partial charge in [0.25, 0.3) is 0 Å². The fraction of sp³-hybridized carbons (Fsp3) is 0.333. The third-order valence-electron chi connectivity index (χ3n) is 3.96. The van der Waals surface area contributed by atoms with E-state index in [9.17, 15) is 0 Å². The van der Waals surface area contributed by atoms with Crippen LogP contribution in [-0.2, 0) is 18.6 Å². The highest BCUT2D eigenvalue weighted by atomic mass is 32.2. The summed E-state index contributed by atoms with van der Waals surface area (Å²) >= 11 is 3.14. The van der Waals surface area contributed by atoms with Crippen molar-refractivity contribution in [3.05, 3.63) is 22.3 Å². The molecule has 7 nitrogen and oxygen atoms in total. The van der Waals surface area contributed by atoms with Crippen molar-refractivity contribution < 1.29 is 0 Å². The second kappa shape index (κ2) is 6.06. The Kier molecular flexibility index (Phi) is 3.89. The van der Waals surface area contributed by atoms with Gasteiger partial charge < -0.3 is 17.2 Å². The van der Waals surface area contributed by atoms with Crippen LogP contribution in [0.3, 0.4) is 0 Å². The van der Waals surface area contributed by atoms with Crippen molar-refractivity contribution in [2.45, 2.75) is 36.6 Å². The van der Waals surface area contributed by atoms with Gasteiger partial charge in [-0.25, -0.2) is 19.9 Å². The van der Waals surface area contributed by atoms with Crippen LogP contribution < -0.4 is 17.2 Å². The van der Waals surface area contributed by atoms with Crippen LogP contribution in [0.2, 0.25) is 0 Å². The minimum absolute atomic E-state index is 0.354. The Morgan fingerprint density at radius 1 is 1.00 bits per heavy atom. The molecule has 3 aromatic heterocycles. The zero-order valence-electron chi connectivity index (χ0n) is 13.0. The molecule has 3 aromatic rings. The van der Waals surface area contributed by atoms with E-state index in [0.29, 0.717) is 34.2 Å². The predicted molar refractivity (Wildman–Crippen MR) is 98.9 cm³/mol. The Hall–Kier alpha value is -2.13. The Bertz CT molecular complexity index is 902. The number of hydrogen-bond acceptors (Lipinski definition) is 9. The standard InChI is InChI=1S/C15H17N7S2/c16-9-5-10(17)20-15(19-9)23-6-11-21-13(18)12-7-3-1-2-4-8(7)24-14(12)22-11/h5H,1-4,6H2,(H2,18,21,22)(H4,16,17,19,20). The lowest BCUT2D eigenvalue weighted by Crippen LogP contribution is -2.03. The fourth-order valence-electron chi connectivity index (χ4n) is 2.95. The van der Waals surface area contributed by atoms with Crippen LogP contribution in [0.15, 0.2) is 11.2 Å². The van der Waals surface area contributed by atoms with E-state index in [1.54, 1.807) is 11.3 Å². The van der Waals surface area contributed by atoms with Crippen molar-refractivity contribution in [3.8, 4) is 0 Å². The molecule has 0 aliphatic heterocycles. The van der Waals surface area contributed by atoms with Crippen molar-refractivity contribution in [2.24, 2.45) is 0 Å². The second-order valence-corrected chi connectivity index (χ2v) is 7.73. The van der Waals surface area contributed by atoms with E-state index < -0.39 is 0 Å². The van der Waals surface area contributed by atoms with Gasteiger partial charge in [0.05, 0.1) is 11.1 Å². The number of aryl methyl sites for hydroxylation is 2. The summed E-state index contributed by atoms with van der Waals surface area (Å²) in [5.41, 5.74) is 18.9. The molecular formula is C15H17N7S2. The summed E-state index contributed by atoms with van der Waals surface area (Å²) in [7, 11) is 0. The normalized spacial score (nSPS) is 14.0. The van der Waals surface area contributed by atoms with Crippen LogP contribution in [0.4, 0.5) is 17.5 Å². The molecule has 4 rings (SSSR count). The molecule has 0 aromatic carbocycles. The summed E-state index contributed by atoms with van der Waals surface area (Å²) in [6, 6.07) is 1.53. The molecule has 0 unspecified atom stereocenters. The van der Waals surface area contributed by atoms with Gasteiger partial charge in [0.15, 0.2) is 5.16 Å². The number of anilines is 3. The van der Waals surface area contributed by atoms with Crippen LogP contribution in [0.25, 0.3) is 10.2 Å². The number of fused-ring (bicyclic) bond motifs is 3. The predicted octanol–water partition coefficient (Wildman–Crippen LogP) is 2.40. The molecule has 9 heteroatoms. The molecule has 124 valence electrons. The summed E-state index contributed by atoms with van der Waals surface area (Å²) in [6.07, 6.45) is 4.65. The van der Waals surface area contributed by atoms with E-state index in [1.807, 2.05) is 0 Å². The van der Waals surface area contributed by atoms with Gasteiger partial charge in [0, 0.05) is 10.9 Å². The zero-order valence-corrected chi connectivity index (χ0v) is 14.6. The number of aromatic nitrogens is 4. The van der Waals surface area contributed by atoms with E-state index in [0.717, 1.165) is 23.1 Å². The van der Waals surface area contributed by atoms with Crippen molar-refractivity contribution >= 4 is 50.8 Å². The lowest BCUT2D eigenvalue weighted by atomic mass is 9.97. The lowest BCUT2D eigenvalue weighted by molar-refractivity contribution is 0.700. The van der Waals surface area contributed by atoms with E-state index in [-0.39, 0.29) is 0 Å². The molecule has 0 saturated carbocycles. The first-order valence-corrected chi connectivity index (χ1v) is 9.50. The molecule has 0 radical (unpaired) electrons. The maximum Gasteiger partial charge on any atom is 0.191 e. The smallest absolute Gasteiger partial charge is 0.191 e. The Morgan fingerprint density at radius 3 is 2.54 bits per heavy atom. The largest absolute Gasteiger partial charge is 0.383 e. The summed E-state index contributed by atoms with van der Waals surface area (Å²) in [4.78, 5) is 19.9. The first-order chi connectivity index (χ1) is 11.6. The minimum atomic E-state index is 0.354. The molecule has 1 aliphatic rings. The summed E-state index contributed by atoms with van der Waals surface area (Å²) in [6.45, 7) is 0. The second-order valence-electron chi connectivity index (χ2n) is 5.71. The first kappa shape index (κ1) is 15.4. The monoisotopic (exact) mass is 359 g/mol. The van der Waals surface area contributed by atoms with Crippen LogP contribution in [0.5, 0.6) is 0 Å². The molecule has 0 amide bonds. The molecule has 0 atom stereocenters. The van der Waals surface area contributed by atoms with Gasteiger partial charge in [-0.05, 0) is 31.2 Å². The molecule has 0 saturated heterocycles. The van der Waals surface area contributed by atoms with Gasteiger partial charge in [-0.3, -0.25) is 0 Å². The van der Waals surface area contributed by atoms with Gasteiger partial charge in [-0.15, -0.1) is 11.3 Å². The lowest BCUT2D eigenvalue weighted by Gasteiger charge is -2.10. The molecule has 24 heavy (non-hydrogen) atoms. The third kappa shape index (κ3) is 2.84. The van der Waals surface area contributed by atoms with Crippen molar-refractivity contribution in [3.63, 3.8) is 0 Å². The van der Waals surface area contributed by atoms with Gasteiger partial charge >= 0.3 is 0 Å². The summed E-state index contributed by atoms with van der Waals surface area (Å²) in [5, 5.41) is 1.56. The molecule has 1 aliphatic carbocycles. The Labute approximate surface area is 147 Å². The van der Waals surface area contributed by atoms with E-state index in [2.05, 4.69) is 19.9 Å². The SMILES string of the molecule is Nc1cc(N)nc(SCc2nc(N)c3c4c(sc3n2)CCCC4)n1. The summed E-state index contributed by atoms with van der Waals surface area (Å²) in [5.74, 6) is 2.47. The molecule has 6 N–H and O–H groups in total. The van der Waals surface area contributed by atoms with Crippen molar-refractivity contribution in [1.29, 1.82) is 0 Å². The number of thiophene rings is 1. The topological polar surface area (TPSA) is 130 Å². The highest BCUT2D eigenvalue weighted by Crippen LogP contribution is 2.38. The van der Waals surface area contributed by atoms with Gasteiger partial charge in [0.2, 0.25) is 0 Å². The highest BCUT2D eigenvalue weighted by molar-refractivity contribution is 7.98. The summed E-state index contributed by atoms with van der Waals surface area (Å²) < 4.78 is 0. The average Bonchev–Trinajstić information content (AvgIpc) is 2.91. The molecule has 3 heterocycles. The number of nitrogens with zero attached hydrogens (tertiary/aromatic N) is 4. The molecule has 0 spiro atoms. The average molecular weight is 359 g/mol. The minimum Gasteiger partial charge on any atom is -0.383 e. The fourth-order valence-corrected chi connectivity index (χ4v) is 4.97. The Balaban J connectivity index is 1.63. The Morgan fingerprint density at radius 2 is 1.75 bits per heavy atom. The quantitative estimate of drug-likeness (QED) is 0.480. The van der Waals surface area contributed by atoms with Gasteiger partial charge in [0.1, 0.15) is 28.1 Å². The van der Waals surface area contributed by atoms with Gasteiger partial charge in [-0.1, -0.05) is 11.8 Å². The number of nitrogens with two attached hydrogens (primary N) is 3. The molecular weight excluding hydrogens is 342 g/mol. The van der Waals surface area contributed by atoms with E-state index >= 15 is 0 Å². The maximum absolute atomic E-state index is 6.22. The third-order valence-corrected chi connectivity index (χ3v) is 5.99. The number of nitrogen functional groups attached to an aromatic ring is 3. The van der Waals surface area contributed by atoms with Crippen LogP contribution in [0.1, 0.15) is 29.1 Å². The van der Waals surface area contributed by atoms with Crippen LogP contribution in [0, 0.1) is 0 Å². The van der Waals surface area contributed by atoms with Crippen LogP contribution in [-0.4, -0.2) is 19.9 Å². The first-order valence-electron chi connectivity index (χ1n) is 7.69. The van der Waals surface area contributed by atoms with Crippen molar-refractivity contribution in [1.82, 2.24) is 19.9 Å². The number of thioether (sulfide) groups is 1. The zero-order chi connectivity index (χ0) is 16.7. The highest BCUT2D eigenvalue weighted by Gasteiger charge is 2.20. The molecule has 0 bridgehead atoms. The molecule has 0 fully saturated rings. The van der Waals surface area contributed by atoms with E-state index in [1.165, 1.54) is 41.1 Å². The number of rotatable bonds is 3. The van der Waals surface area contributed by atoms with Crippen LogP contribution >= 0.6 is 23.1 Å². The van der Waals surface area contributed by atoms with Crippen molar-refractivity contribution in [2.75, 3.05) is 17.2 Å².